The lowest BCUT2D eigenvalue weighted by Gasteiger charge is -2.10. The molecule has 0 fully saturated rings. The van der Waals surface area contributed by atoms with Gasteiger partial charge in [-0.05, 0) is 115 Å². The summed E-state index contributed by atoms with van der Waals surface area (Å²) in [5, 5.41) is 0. The van der Waals surface area contributed by atoms with E-state index in [1.807, 2.05) is 25.1 Å². The van der Waals surface area contributed by atoms with Crippen molar-refractivity contribution in [3.63, 3.8) is 0 Å². The summed E-state index contributed by atoms with van der Waals surface area (Å²) in [6.45, 7) is 3.39. The van der Waals surface area contributed by atoms with Gasteiger partial charge in [-0.15, -0.1) is 0 Å². The first-order chi connectivity index (χ1) is 13.7. The lowest BCUT2D eigenvalue weighted by Crippen LogP contribution is -2.03. The minimum absolute atomic E-state index is 0.0292. The zero-order valence-corrected chi connectivity index (χ0v) is 18.4. The molecule has 0 nitrogen and oxygen atoms in total. The van der Waals surface area contributed by atoms with Crippen molar-refractivity contribution in [1.29, 1.82) is 0 Å². The Labute approximate surface area is 182 Å². The molecule has 29 heavy (non-hydrogen) atoms. The second-order valence-electron chi connectivity index (χ2n) is 7.31. The summed E-state index contributed by atoms with van der Waals surface area (Å²) >= 11 is 2.25. The fourth-order valence-electron chi connectivity index (χ4n) is 3.23. The van der Waals surface area contributed by atoms with Gasteiger partial charge in [-0.3, -0.25) is 0 Å². The van der Waals surface area contributed by atoms with Crippen LogP contribution in [0, 0.1) is 40.7 Å². The molecule has 152 valence electrons. The minimum atomic E-state index is -0.613. The molecule has 0 aliphatic rings. The molecule has 0 spiro atoms. The molecule has 0 aromatic heterocycles. The van der Waals surface area contributed by atoms with Crippen molar-refractivity contribution in [2.24, 2.45) is 0 Å². The molecule has 3 rings (SSSR count). The number of benzene rings is 3. The summed E-state index contributed by atoms with van der Waals surface area (Å²) in [5.41, 5.74) is 3.17. The van der Waals surface area contributed by atoms with Crippen LogP contribution in [0.2, 0.25) is 0 Å². The van der Waals surface area contributed by atoms with Crippen molar-refractivity contribution in [3.8, 4) is 0 Å². The highest BCUT2D eigenvalue weighted by molar-refractivity contribution is 14.1. The average Bonchev–Trinajstić information content (AvgIpc) is 2.66. The topological polar surface area (TPSA) is 0 Å². The predicted molar refractivity (Wildman–Crippen MR) is 116 cm³/mol. The number of rotatable bonds is 6. The maximum absolute atomic E-state index is 14.5. The van der Waals surface area contributed by atoms with Crippen molar-refractivity contribution in [3.05, 3.63) is 103 Å². The molecule has 0 aliphatic heterocycles. The van der Waals surface area contributed by atoms with Gasteiger partial charge in [-0.2, -0.15) is 0 Å². The Morgan fingerprint density at radius 1 is 0.621 bits per heavy atom. The van der Waals surface area contributed by atoms with E-state index in [1.165, 1.54) is 36.8 Å². The van der Waals surface area contributed by atoms with Crippen LogP contribution in [0.4, 0.5) is 17.6 Å². The Hall–Kier alpha value is -1.89. The maximum atomic E-state index is 14.5. The number of aryl methyl sites for hydroxylation is 4. The van der Waals surface area contributed by atoms with Gasteiger partial charge in [0.1, 0.15) is 23.3 Å². The van der Waals surface area contributed by atoms with Gasteiger partial charge in [0.25, 0.3) is 0 Å². The average molecular weight is 512 g/mol. The Bertz CT molecular complexity index is 997. The van der Waals surface area contributed by atoms with Crippen LogP contribution in [0.25, 0.3) is 0 Å². The molecule has 3 aromatic carbocycles. The van der Waals surface area contributed by atoms with Crippen LogP contribution in [0.3, 0.4) is 0 Å². The first kappa shape index (κ1) is 21.8. The van der Waals surface area contributed by atoms with Crippen LogP contribution in [-0.2, 0) is 25.7 Å². The first-order valence-electron chi connectivity index (χ1n) is 9.41. The summed E-state index contributed by atoms with van der Waals surface area (Å²) in [6, 6.07) is 11.2. The van der Waals surface area contributed by atoms with Crippen molar-refractivity contribution < 1.29 is 17.6 Å². The van der Waals surface area contributed by atoms with E-state index in [0.717, 1.165) is 9.13 Å². The lowest BCUT2D eigenvalue weighted by molar-refractivity contribution is 0.550. The molecule has 0 heterocycles. The third-order valence-corrected chi connectivity index (χ3v) is 6.31. The fraction of sp³-hybridized carbons (Fsp3) is 0.250. The van der Waals surface area contributed by atoms with Crippen molar-refractivity contribution in [2.45, 2.75) is 39.5 Å². The van der Waals surface area contributed by atoms with Crippen molar-refractivity contribution in [2.75, 3.05) is 0 Å². The van der Waals surface area contributed by atoms with E-state index in [9.17, 15) is 17.6 Å². The summed E-state index contributed by atoms with van der Waals surface area (Å²) in [4.78, 5) is 0. The number of hydrogen-bond donors (Lipinski definition) is 0. The Morgan fingerprint density at radius 3 is 1.62 bits per heavy atom. The van der Waals surface area contributed by atoms with E-state index < -0.39 is 23.3 Å². The summed E-state index contributed by atoms with van der Waals surface area (Å²) in [7, 11) is 0. The number of hydrogen-bond acceptors (Lipinski definition) is 0. The van der Waals surface area contributed by atoms with E-state index in [-0.39, 0.29) is 17.5 Å². The third kappa shape index (κ3) is 5.38. The van der Waals surface area contributed by atoms with Gasteiger partial charge in [0.2, 0.25) is 0 Å². The molecule has 0 bridgehead atoms. The van der Waals surface area contributed by atoms with E-state index in [0.29, 0.717) is 30.4 Å². The molecule has 5 heteroatoms. The van der Waals surface area contributed by atoms with Crippen molar-refractivity contribution in [1.82, 2.24) is 0 Å². The normalized spacial score (nSPS) is 11.1. The molecule has 0 N–H and O–H groups in total. The highest BCUT2D eigenvalue weighted by atomic mass is 127. The van der Waals surface area contributed by atoms with Crippen LogP contribution >= 0.6 is 22.6 Å². The smallest absolute Gasteiger partial charge is 0.129 e. The van der Waals surface area contributed by atoms with Crippen LogP contribution in [-0.4, -0.2) is 0 Å². The van der Waals surface area contributed by atoms with Crippen LogP contribution in [0.5, 0.6) is 0 Å². The third-order valence-electron chi connectivity index (χ3n) is 5.14. The van der Waals surface area contributed by atoms with Crippen LogP contribution < -0.4 is 0 Å². The molecule has 0 atom stereocenters. The van der Waals surface area contributed by atoms with E-state index in [2.05, 4.69) is 22.6 Å². The van der Waals surface area contributed by atoms with Gasteiger partial charge in [-0.25, -0.2) is 17.6 Å². The van der Waals surface area contributed by atoms with Gasteiger partial charge in [-0.1, -0.05) is 12.1 Å². The zero-order chi connectivity index (χ0) is 21.1. The molecular weight excluding hydrogens is 491 g/mol. The number of halogens is 5. The van der Waals surface area contributed by atoms with Gasteiger partial charge >= 0.3 is 0 Å². The molecule has 0 saturated carbocycles. The standard InChI is InChI=1S/C24H21F4I/c1-14-3-4-16(13-24(14)29)7-8-19-22(27)11-18(12-23(19)28)6-5-17-9-20(25)15(2)21(26)10-17/h3-4,9-13H,5-8H2,1-2H3. The quantitative estimate of drug-likeness (QED) is 0.246. The summed E-state index contributed by atoms with van der Waals surface area (Å²) in [6.07, 6.45) is 1.41. The second kappa shape index (κ2) is 9.28. The lowest BCUT2D eigenvalue weighted by atomic mass is 9.98. The molecular formula is C24H21F4I. The van der Waals surface area contributed by atoms with E-state index in [4.69, 9.17) is 0 Å². The molecule has 0 aliphatic carbocycles. The zero-order valence-electron chi connectivity index (χ0n) is 16.3. The maximum Gasteiger partial charge on any atom is 0.129 e. The SMILES string of the molecule is Cc1ccc(CCc2c(F)cc(CCc3cc(F)c(C)c(F)c3)cc2F)cc1I. The largest absolute Gasteiger partial charge is 0.207 e. The predicted octanol–water partition coefficient (Wildman–Crippen LogP) is 7.03. The van der Waals surface area contributed by atoms with Crippen molar-refractivity contribution >= 4 is 22.6 Å². The molecule has 0 radical (unpaired) electrons. The van der Waals surface area contributed by atoms with Gasteiger partial charge in [0, 0.05) is 14.7 Å². The van der Waals surface area contributed by atoms with Gasteiger partial charge in [0.15, 0.2) is 0 Å². The van der Waals surface area contributed by atoms with E-state index in [1.54, 1.807) is 0 Å². The summed E-state index contributed by atoms with van der Waals surface area (Å²) < 4.78 is 57.4. The van der Waals surface area contributed by atoms with E-state index >= 15 is 0 Å². The first-order valence-corrected chi connectivity index (χ1v) is 10.5. The summed E-state index contributed by atoms with van der Waals surface area (Å²) in [5.74, 6) is -2.39. The Kier molecular flexibility index (Phi) is 6.98. The van der Waals surface area contributed by atoms with Crippen LogP contribution in [0.1, 0.15) is 33.4 Å². The Morgan fingerprint density at radius 2 is 1.10 bits per heavy atom. The highest BCUT2D eigenvalue weighted by Gasteiger charge is 2.13. The van der Waals surface area contributed by atoms with Gasteiger partial charge < -0.3 is 0 Å². The molecule has 0 unspecified atom stereocenters. The van der Waals surface area contributed by atoms with Crippen LogP contribution in [0.15, 0.2) is 42.5 Å². The second-order valence-corrected chi connectivity index (χ2v) is 8.47. The molecule has 0 saturated heterocycles. The Balaban J connectivity index is 1.69. The monoisotopic (exact) mass is 512 g/mol. The minimum Gasteiger partial charge on any atom is -0.207 e. The fourth-order valence-corrected chi connectivity index (χ4v) is 3.81. The highest BCUT2D eigenvalue weighted by Crippen LogP contribution is 2.21. The van der Waals surface area contributed by atoms with Gasteiger partial charge in [0.05, 0.1) is 0 Å². The molecule has 3 aromatic rings. The molecule has 0 amide bonds.